The molecule has 1 aliphatic heterocycles. The van der Waals surface area contributed by atoms with E-state index in [1.54, 1.807) is 0 Å². The van der Waals surface area contributed by atoms with Gasteiger partial charge in [0, 0.05) is 34.9 Å². The second kappa shape index (κ2) is 5.43. The summed E-state index contributed by atoms with van der Waals surface area (Å²) in [5, 5.41) is 11.7. The first-order valence-corrected chi connectivity index (χ1v) is 6.16. The zero-order valence-electron chi connectivity index (χ0n) is 7.94. The number of rotatable bonds is 4. The molecular formula is C8H16N2O3S. The molecule has 0 saturated carbocycles. The summed E-state index contributed by atoms with van der Waals surface area (Å²) in [6.07, 6.45) is 1.55. The third kappa shape index (κ3) is 3.36. The van der Waals surface area contributed by atoms with Crippen LogP contribution in [0.1, 0.15) is 12.8 Å². The minimum Gasteiger partial charge on any atom is -0.480 e. The number of carboxylic acids is 1. The lowest BCUT2D eigenvalue weighted by molar-refractivity contribution is -0.139. The molecule has 1 aliphatic rings. The van der Waals surface area contributed by atoms with Crippen molar-refractivity contribution in [2.75, 3.05) is 18.1 Å². The van der Waals surface area contributed by atoms with E-state index in [9.17, 15) is 9.00 Å². The first-order valence-electron chi connectivity index (χ1n) is 4.67. The maximum atomic E-state index is 11.0. The van der Waals surface area contributed by atoms with Crippen LogP contribution in [0.3, 0.4) is 0 Å². The molecule has 1 heterocycles. The minimum absolute atomic E-state index is 0.0922. The van der Waals surface area contributed by atoms with Crippen LogP contribution in [0.15, 0.2) is 0 Å². The first kappa shape index (κ1) is 11.6. The summed E-state index contributed by atoms with van der Waals surface area (Å²) in [7, 11) is -0.707. The van der Waals surface area contributed by atoms with Crippen molar-refractivity contribution in [3.8, 4) is 0 Å². The summed E-state index contributed by atoms with van der Waals surface area (Å²) in [5.41, 5.74) is 5.31. The maximum absolute atomic E-state index is 11.0. The quantitative estimate of drug-likeness (QED) is 0.559. The average Bonchev–Trinajstić information content (AvgIpc) is 2.16. The standard InChI is InChI=1S/C8H16N2O3S/c9-5-7(8(11)12)10-6-1-3-14(13)4-2-6/h6-7,10H,1-5,9H2,(H,11,12)/t6?,7-,14?/m0/s1. The number of carbonyl (C=O) groups is 1. The largest absolute Gasteiger partial charge is 0.480 e. The Bertz CT molecular complexity index is 225. The normalized spacial score (nSPS) is 29.8. The van der Waals surface area contributed by atoms with Gasteiger partial charge in [0.1, 0.15) is 6.04 Å². The van der Waals surface area contributed by atoms with Crippen molar-refractivity contribution in [1.82, 2.24) is 5.32 Å². The van der Waals surface area contributed by atoms with Gasteiger partial charge in [-0.05, 0) is 12.8 Å². The molecule has 0 aliphatic carbocycles. The van der Waals surface area contributed by atoms with E-state index in [4.69, 9.17) is 10.8 Å². The predicted molar refractivity (Wildman–Crippen MR) is 54.5 cm³/mol. The highest BCUT2D eigenvalue weighted by Crippen LogP contribution is 2.09. The van der Waals surface area contributed by atoms with Crippen LogP contribution in [0.4, 0.5) is 0 Å². The molecule has 0 aromatic carbocycles. The number of nitrogens with two attached hydrogens (primary N) is 1. The summed E-state index contributed by atoms with van der Waals surface area (Å²) in [6, 6.07) is -0.524. The number of hydrogen-bond donors (Lipinski definition) is 3. The molecule has 0 spiro atoms. The predicted octanol–water partition coefficient (Wildman–Crippen LogP) is -1.10. The van der Waals surface area contributed by atoms with Crippen molar-refractivity contribution < 1.29 is 14.1 Å². The average molecular weight is 220 g/mol. The highest BCUT2D eigenvalue weighted by atomic mass is 32.2. The summed E-state index contributed by atoms with van der Waals surface area (Å²) < 4.78 is 11.0. The molecular weight excluding hydrogens is 204 g/mol. The molecule has 0 unspecified atom stereocenters. The Kier molecular flexibility index (Phi) is 4.50. The topological polar surface area (TPSA) is 92.4 Å². The molecule has 1 saturated heterocycles. The third-order valence-electron chi connectivity index (χ3n) is 2.36. The Hall–Kier alpha value is -0.460. The Morgan fingerprint density at radius 3 is 2.57 bits per heavy atom. The van der Waals surface area contributed by atoms with Crippen molar-refractivity contribution in [2.45, 2.75) is 24.9 Å². The maximum Gasteiger partial charge on any atom is 0.322 e. The van der Waals surface area contributed by atoms with Gasteiger partial charge in [0.2, 0.25) is 0 Å². The SMILES string of the molecule is NC[C@H](NC1CCS(=O)CC1)C(=O)O. The lowest BCUT2D eigenvalue weighted by Gasteiger charge is -2.25. The van der Waals surface area contributed by atoms with Gasteiger partial charge < -0.3 is 16.2 Å². The van der Waals surface area contributed by atoms with Gasteiger partial charge in [0.25, 0.3) is 0 Å². The van der Waals surface area contributed by atoms with Gasteiger partial charge >= 0.3 is 5.97 Å². The summed E-state index contributed by atoms with van der Waals surface area (Å²) in [4.78, 5) is 10.7. The van der Waals surface area contributed by atoms with E-state index in [-0.39, 0.29) is 12.6 Å². The van der Waals surface area contributed by atoms with E-state index in [2.05, 4.69) is 5.32 Å². The second-order valence-electron chi connectivity index (χ2n) is 3.42. The van der Waals surface area contributed by atoms with Gasteiger partial charge in [0.05, 0.1) is 0 Å². The zero-order chi connectivity index (χ0) is 10.6. The molecule has 1 fully saturated rings. The number of aliphatic carboxylic acids is 1. The van der Waals surface area contributed by atoms with E-state index in [1.807, 2.05) is 0 Å². The van der Waals surface area contributed by atoms with E-state index >= 15 is 0 Å². The van der Waals surface area contributed by atoms with Crippen LogP contribution < -0.4 is 11.1 Å². The van der Waals surface area contributed by atoms with Crippen molar-refractivity contribution in [2.24, 2.45) is 5.73 Å². The van der Waals surface area contributed by atoms with Crippen molar-refractivity contribution in [1.29, 1.82) is 0 Å². The van der Waals surface area contributed by atoms with E-state index in [0.717, 1.165) is 12.8 Å². The molecule has 5 nitrogen and oxygen atoms in total. The number of nitrogens with one attached hydrogen (secondary N) is 1. The zero-order valence-corrected chi connectivity index (χ0v) is 8.76. The third-order valence-corrected chi connectivity index (χ3v) is 3.74. The van der Waals surface area contributed by atoms with Gasteiger partial charge in [-0.3, -0.25) is 9.00 Å². The fraction of sp³-hybridized carbons (Fsp3) is 0.875. The summed E-state index contributed by atoms with van der Waals surface area (Å²) >= 11 is 0. The van der Waals surface area contributed by atoms with Gasteiger partial charge in [0.15, 0.2) is 0 Å². The van der Waals surface area contributed by atoms with Crippen molar-refractivity contribution in [3.63, 3.8) is 0 Å². The van der Waals surface area contributed by atoms with Crippen LogP contribution in [0.25, 0.3) is 0 Å². The van der Waals surface area contributed by atoms with E-state index in [1.165, 1.54) is 0 Å². The van der Waals surface area contributed by atoms with Gasteiger partial charge in [-0.2, -0.15) is 0 Å². The Balaban J connectivity index is 2.36. The minimum atomic E-state index is -0.917. The van der Waals surface area contributed by atoms with Gasteiger partial charge in [-0.25, -0.2) is 0 Å². The molecule has 0 bridgehead atoms. The molecule has 1 rings (SSSR count). The monoisotopic (exact) mass is 220 g/mol. The highest BCUT2D eigenvalue weighted by Gasteiger charge is 2.23. The van der Waals surface area contributed by atoms with Crippen LogP contribution in [0.5, 0.6) is 0 Å². The van der Waals surface area contributed by atoms with Crippen LogP contribution >= 0.6 is 0 Å². The molecule has 0 amide bonds. The van der Waals surface area contributed by atoms with E-state index < -0.39 is 22.8 Å². The van der Waals surface area contributed by atoms with Gasteiger partial charge in [-0.1, -0.05) is 0 Å². The Labute approximate surface area is 85.5 Å². The highest BCUT2D eigenvalue weighted by molar-refractivity contribution is 7.85. The lowest BCUT2D eigenvalue weighted by Crippen LogP contribution is -2.49. The van der Waals surface area contributed by atoms with Crippen LogP contribution in [0, 0.1) is 0 Å². The molecule has 14 heavy (non-hydrogen) atoms. The Morgan fingerprint density at radius 1 is 1.57 bits per heavy atom. The van der Waals surface area contributed by atoms with E-state index in [0.29, 0.717) is 11.5 Å². The molecule has 0 radical (unpaired) electrons. The van der Waals surface area contributed by atoms with Crippen molar-refractivity contribution in [3.05, 3.63) is 0 Å². The van der Waals surface area contributed by atoms with Gasteiger partial charge in [-0.15, -0.1) is 0 Å². The molecule has 4 N–H and O–H groups in total. The van der Waals surface area contributed by atoms with Crippen molar-refractivity contribution >= 4 is 16.8 Å². The fourth-order valence-corrected chi connectivity index (χ4v) is 2.78. The smallest absolute Gasteiger partial charge is 0.322 e. The van der Waals surface area contributed by atoms with Crippen LogP contribution in [-0.2, 0) is 15.6 Å². The number of hydrogen-bond acceptors (Lipinski definition) is 4. The summed E-state index contributed by atoms with van der Waals surface area (Å²) in [5.74, 6) is 0.405. The molecule has 82 valence electrons. The molecule has 0 aromatic rings. The van der Waals surface area contributed by atoms with Crippen LogP contribution in [-0.4, -0.2) is 45.4 Å². The first-order chi connectivity index (χ1) is 6.63. The molecule has 0 aromatic heterocycles. The molecule has 1 atom stereocenters. The second-order valence-corrected chi connectivity index (χ2v) is 5.11. The number of carboxylic acid groups (broad SMARTS) is 1. The fourth-order valence-electron chi connectivity index (χ4n) is 1.49. The lowest BCUT2D eigenvalue weighted by atomic mass is 10.1. The summed E-state index contributed by atoms with van der Waals surface area (Å²) in [6.45, 7) is 0.0922. The van der Waals surface area contributed by atoms with Crippen LogP contribution in [0.2, 0.25) is 0 Å². The molecule has 6 heteroatoms. The Morgan fingerprint density at radius 2 is 2.14 bits per heavy atom.